The molecule has 4 nitrogen and oxygen atoms in total. The third-order valence-corrected chi connectivity index (χ3v) is 2.55. The van der Waals surface area contributed by atoms with Gasteiger partial charge in [0.15, 0.2) is 0 Å². The van der Waals surface area contributed by atoms with Crippen molar-refractivity contribution in [1.29, 1.82) is 0 Å². The molecule has 16 heavy (non-hydrogen) atoms. The summed E-state index contributed by atoms with van der Waals surface area (Å²) in [6.45, 7) is 4.31. The van der Waals surface area contributed by atoms with Gasteiger partial charge in [0.1, 0.15) is 6.04 Å². The van der Waals surface area contributed by atoms with Gasteiger partial charge in [-0.2, -0.15) is 0 Å². The van der Waals surface area contributed by atoms with Crippen LogP contribution in [0.25, 0.3) is 0 Å². The number of likely N-dealkylation sites (tertiary alicyclic amines) is 1. The molecule has 0 aliphatic carbocycles. The van der Waals surface area contributed by atoms with E-state index in [2.05, 4.69) is 11.8 Å². The van der Waals surface area contributed by atoms with Crippen molar-refractivity contribution >= 4 is 11.9 Å². The second-order valence-electron chi connectivity index (χ2n) is 3.64. The minimum Gasteiger partial charge on any atom is -0.464 e. The molecule has 1 unspecified atom stereocenters. The number of amides is 1. The molecule has 88 valence electrons. The predicted molar refractivity (Wildman–Crippen MR) is 59.4 cm³/mol. The molecule has 4 heteroatoms. The highest BCUT2D eigenvalue weighted by molar-refractivity contribution is 5.96. The summed E-state index contributed by atoms with van der Waals surface area (Å²) in [6.07, 6.45) is 2.55. The van der Waals surface area contributed by atoms with E-state index >= 15 is 0 Å². The molecule has 0 bridgehead atoms. The van der Waals surface area contributed by atoms with Gasteiger partial charge in [-0.1, -0.05) is 5.92 Å². The summed E-state index contributed by atoms with van der Waals surface area (Å²) in [5.74, 6) is 4.45. The fourth-order valence-electron chi connectivity index (χ4n) is 1.84. The van der Waals surface area contributed by atoms with Gasteiger partial charge in [0.05, 0.1) is 6.61 Å². The molecular formula is C12H17NO3. The Hall–Kier alpha value is -1.50. The van der Waals surface area contributed by atoms with Crippen LogP contribution in [-0.2, 0) is 14.3 Å². The van der Waals surface area contributed by atoms with E-state index in [0.717, 1.165) is 12.8 Å². The number of nitrogens with zero attached hydrogens (tertiary/aromatic N) is 1. The number of rotatable bonds is 2. The summed E-state index contributed by atoms with van der Waals surface area (Å²) in [7, 11) is 0. The summed E-state index contributed by atoms with van der Waals surface area (Å²) in [6, 6.07) is -0.443. The van der Waals surface area contributed by atoms with E-state index in [4.69, 9.17) is 4.74 Å². The maximum atomic E-state index is 11.7. The van der Waals surface area contributed by atoms with Gasteiger partial charge in [0.25, 0.3) is 5.91 Å². The van der Waals surface area contributed by atoms with E-state index < -0.39 is 6.04 Å². The molecule has 1 saturated heterocycles. The molecule has 1 rings (SSSR count). The number of carbonyl (C=O) groups is 2. The molecule has 0 spiro atoms. The SMILES string of the molecule is CC#CC(=O)N1CCCCC1C(=O)OCC. The molecule has 1 atom stereocenters. The molecule has 1 heterocycles. The van der Waals surface area contributed by atoms with Crippen LogP contribution >= 0.6 is 0 Å². The van der Waals surface area contributed by atoms with Crippen molar-refractivity contribution in [1.82, 2.24) is 4.90 Å². The quantitative estimate of drug-likeness (QED) is 0.517. The van der Waals surface area contributed by atoms with E-state index in [-0.39, 0.29) is 11.9 Å². The monoisotopic (exact) mass is 223 g/mol. The number of carbonyl (C=O) groups excluding carboxylic acids is 2. The molecule has 0 saturated carbocycles. The summed E-state index contributed by atoms with van der Waals surface area (Å²) in [4.78, 5) is 24.8. The van der Waals surface area contributed by atoms with Gasteiger partial charge < -0.3 is 9.64 Å². The number of esters is 1. The van der Waals surface area contributed by atoms with Crippen molar-refractivity contribution < 1.29 is 14.3 Å². The average molecular weight is 223 g/mol. The van der Waals surface area contributed by atoms with Crippen molar-refractivity contribution in [2.75, 3.05) is 13.2 Å². The molecule has 0 aromatic carbocycles. The number of hydrogen-bond acceptors (Lipinski definition) is 3. The zero-order chi connectivity index (χ0) is 12.0. The van der Waals surface area contributed by atoms with Crippen molar-refractivity contribution in [2.45, 2.75) is 39.2 Å². The maximum Gasteiger partial charge on any atom is 0.328 e. The summed E-state index contributed by atoms with van der Waals surface area (Å²) in [5.41, 5.74) is 0. The Morgan fingerprint density at radius 1 is 1.44 bits per heavy atom. The van der Waals surface area contributed by atoms with Crippen LogP contribution in [0.15, 0.2) is 0 Å². The van der Waals surface area contributed by atoms with E-state index in [1.165, 1.54) is 4.90 Å². The second-order valence-corrected chi connectivity index (χ2v) is 3.64. The van der Waals surface area contributed by atoms with Crippen LogP contribution in [0.5, 0.6) is 0 Å². The molecule has 0 N–H and O–H groups in total. The first-order valence-corrected chi connectivity index (χ1v) is 5.60. The molecule has 0 aromatic heterocycles. The Bertz CT molecular complexity index is 327. The van der Waals surface area contributed by atoms with E-state index in [1.807, 2.05) is 0 Å². The molecule has 1 amide bonds. The first-order valence-electron chi connectivity index (χ1n) is 5.60. The Kier molecular flexibility index (Phi) is 4.84. The first-order chi connectivity index (χ1) is 7.70. The highest BCUT2D eigenvalue weighted by Gasteiger charge is 2.32. The largest absolute Gasteiger partial charge is 0.464 e. The van der Waals surface area contributed by atoms with Crippen LogP contribution in [0.4, 0.5) is 0 Å². The highest BCUT2D eigenvalue weighted by atomic mass is 16.5. The summed E-state index contributed by atoms with van der Waals surface area (Å²) < 4.78 is 4.96. The van der Waals surface area contributed by atoms with Crippen molar-refractivity contribution in [2.24, 2.45) is 0 Å². The minimum atomic E-state index is -0.443. The van der Waals surface area contributed by atoms with Gasteiger partial charge in [-0.05, 0) is 39.0 Å². The fourth-order valence-corrected chi connectivity index (χ4v) is 1.84. The van der Waals surface area contributed by atoms with Gasteiger partial charge >= 0.3 is 5.97 Å². The average Bonchev–Trinajstić information content (AvgIpc) is 2.30. The van der Waals surface area contributed by atoms with E-state index in [9.17, 15) is 9.59 Å². The lowest BCUT2D eigenvalue weighted by Crippen LogP contribution is -2.48. The van der Waals surface area contributed by atoms with Gasteiger partial charge in [-0.25, -0.2) is 4.79 Å². The van der Waals surface area contributed by atoms with E-state index in [1.54, 1.807) is 13.8 Å². The zero-order valence-corrected chi connectivity index (χ0v) is 9.78. The van der Waals surface area contributed by atoms with Gasteiger partial charge in [0, 0.05) is 6.54 Å². The highest BCUT2D eigenvalue weighted by Crippen LogP contribution is 2.18. The Morgan fingerprint density at radius 2 is 2.19 bits per heavy atom. The van der Waals surface area contributed by atoms with Crippen molar-refractivity contribution in [3.8, 4) is 11.8 Å². The van der Waals surface area contributed by atoms with Crippen molar-refractivity contribution in [3.63, 3.8) is 0 Å². The van der Waals surface area contributed by atoms with Crippen LogP contribution in [0.2, 0.25) is 0 Å². The third-order valence-electron chi connectivity index (χ3n) is 2.55. The van der Waals surface area contributed by atoms with Crippen LogP contribution in [0.3, 0.4) is 0 Å². The number of ether oxygens (including phenoxy) is 1. The second kappa shape index (κ2) is 6.16. The third kappa shape index (κ3) is 2.99. The number of piperidine rings is 1. The maximum absolute atomic E-state index is 11.7. The molecule has 0 radical (unpaired) electrons. The van der Waals surface area contributed by atoms with Gasteiger partial charge in [-0.3, -0.25) is 4.79 Å². The fraction of sp³-hybridized carbons (Fsp3) is 0.667. The molecule has 1 aliphatic rings. The van der Waals surface area contributed by atoms with E-state index in [0.29, 0.717) is 19.6 Å². The smallest absolute Gasteiger partial charge is 0.328 e. The van der Waals surface area contributed by atoms with Crippen LogP contribution in [0, 0.1) is 11.8 Å². The predicted octanol–water partition coefficient (Wildman–Crippen LogP) is 0.954. The van der Waals surface area contributed by atoms with Crippen LogP contribution < -0.4 is 0 Å². The lowest BCUT2D eigenvalue weighted by atomic mass is 10.0. The summed E-state index contributed by atoms with van der Waals surface area (Å²) >= 11 is 0. The van der Waals surface area contributed by atoms with Crippen LogP contribution in [0.1, 0.15) is 33.1 Å². The Balaban J connectivity index is 2.73. The molecule has 0 aromatic rings. The lowest BCUT2D eigenvalue weighted by Gasteiger charge is -2.32. The standard InChI is InChI=1S/C12H17NO3/c1-3-7-11(14)13-9-6-5-8-10(13)12(15)16-4-2/h10H,4-6,8-9H2,1-2H3. The Labute approximate surface area is 95.9 Å². The van der Waals surface area contributed by atoms with Gasteiger partial charge in [0.2, 0.25) is 0 Å². The normalized spacial score (nSPS) is 19.6. The molecule has 1 aliphatic heterocycles. The number of hydrogen-bond donors (Lipinski definition) is 0. The molecular weight excluding hydrogens is 206 g/mol. The topological polar surface area (TPSA) is 46.6 Å². The summed E-state index contributed by atoms with van der Waals surface area (Å²) in [5, 5.41) is 0. The Morgan fingerprint density at radius 3 is 2.81 bits per heavy atom. The first kappa shape index (κ1) is 12.6. The lowest BCUT2D eigenvalue weighted by molar-refractivity contribution is -0.154. The minimum absolute atomic E-state index is 0.278. The van der Waals surface area contributed by atoms with Crippen molar-refractivity contribution in [3.05, 3.63) is 0 Å². The zero-order valence-electron chi connectivity index (χ0n) is 9.78. The molecule has 1 fully saturated rings. The van der Waals surface area contributed by atoms with Crippen LogP contribution in [-0.4, -0.2) is 36.0 Å². The van der Waals surface area contributed by atoms with Gasteiger partial charge in [-0.15, -0.1) is 0 Å².